The Morgan fingerprint density at radius 2 is 1.91 bits per heavy atom. The maximum atomic E-state index is 13.4. The van der Waals surface area contributed by atoms with Gasteiger partial charge in [-0.1, -0.05) is 26.2 Å². The number of allylic oxidation sites excluding steroid dienone is 6. The summed E-state index contributed by atoms with van der Waals surface area (Å²) < 4.78 is 28.5. The first-order chi connectivity index (χ1) is 16.5. The van der Waals surface area contributed by atoms with Crippen molar-refractivity contribution in [3.63, 3.8) is 0 Å². The van der Waals surface area contributed by atoms with Crippen LogP contribution in [0.1, 0.15) is 72.3 Å². The van der Waals surface area contributed by atoms with Crippen LogP contribution in [0.4, 0.5) is 14.7 Å². The summed E-state index contributed by atoms with van der Waals surface area (Å²) in [6.45, 7) is 17.5. The maximum Gasteiger partial charge on any atom is 0.248 e. The fourth-order valence-electron chi connectivity index (χ4n) is 3.59. The number of aliphatic imine (C=N–C) groups is 1. The van der Waals surface area contributed by atoms with Gasteiger partial charge in [0.2, 0.25) is 11.9 Å². The lowest BCUT2D eigenvalue weighted by Crippen LogP contribution is -2.32. The van der Waals surface area contributed by atoms with Gasteiger partial charge in [0.15, 0.2) is 0 Å². The molecule has 0 bridgehead atoms. The van der Waals surface area contributed by atoms with E-state index in [1.54, 1.807) is 10.7 Å². The zero-order valence-electron chi connectivity index (χ0n) is 21.4. The third-order valence-corrected chi connectivity index (χ3v) is 6.06. The molecule has 1 aliphatic rings. The van der Waals surface area contributed by atoms with Gasteiger partial charge in [-0.2, -0.15) is 0 Å². The minimum absolute atomic E-state index is 0.0286. The number of nitrogens with one attached hydrogen (secondary N) is 1. The molecule has 5 nitrogen and oxygen atoms in total. The zero-order chi connectivity index (χ0) is 26.2. The normalized spacial score (nSPS) is 16.6. The number of thiol groups is 1. The van der Waals surface area contributed by atoms with Crippen molar-refractivity contribution in [1.82, 2.24) is 14.6 Å². The average Bonchev–Trinajstić information content (AvgIpc) is 3.21. The highest BCUT2D eigenvalue weighted by Crippen LogP contribution is 2.34. The number of hydrogen-bond acceptors (Lipinski definition) is 5. The first-order valence-electron chi connectivity index (χ1n) is 11.8. The van der Waals surface area contributed by atoms with Crippen molar-refractivity contribution in [2.75, 3.05) is 5.32 Å². The largest absolute Gasteiger partial charge is 0.350 e. The highest BCUT2D eigenvalue weighted by Gasteiger charge is 2.35. The average molecular weight is 502 g/mol. The van der Waals surface area contributed by atoms with Crippen molar-refractivity contribution in [1.29, 1.82) is 0 Å². The predicted octanol–water partition coefficient (Wildman–Crippen LogP) is 7.90. The predicted molar refractivity (Wildman–Crippen MR) is 148 cm³/mol. The van der Waals surface area contributed by atoms with Crippen molar-refractivity contribution in [2.24, 2.45) is 4.99 Å². The summed E-state index contributed by atoms with van der Waals surface area (Å²) >= 11 is 3.90. The van der Waals surface area contributed by atoms with Crippen molar-refractivity contribution in [2.45, 2.75) is 78.7 Å². The van der Waals surface area contributed by atoms with Crippen molar-refractivity contribution < 1.29 is 8.78 Å². The van der Waals surface area contributed by atoms with Gasteiger partial charge in [0.1, 0.15) is 0 Å². The third kappa shape index (κ3) is 8.76. The molecular formula is C27H37F2N5S. The van der Waals surface area contributed by atoms with Crippen LogP contribution in [0.25, 0.3) is 11.1 Å². The quantitative estimate of drug-likeness (QED) is 0.230. The van der Waals surface area contributed by atoms with E-state index in [2.05, 4.69) is 52.3 Å². The fraction of sp³-hybridized carbons (Fsp3) is 0.444. The number of halogens is 2. The monoisotopic (exact) mass is 501 g/mol. The molecule has 1 N–H and O–H groups in total. The first kappa shape index (κ1) is 28.5. The van der Waals surface area contributed by atoms with E-state index < -0.39 is 5.92 Å². The molecule has 2 aromatic rings. The van der Waals surface area contributed by atoms with Crippen LogP contribution < -0.4 is 5.32 Å². The highest BCUT2D eigenvalue weighted by atomic mass is 32.1. The molecule has 0 aromatic carbocycles. The SMILES string of the molecule is C=C(S)CC.C=C/C(=C\C(C)=C(/C)N=C(C)C)c1ccn2nc(NC3CCC(F)(F)CC3)ncc12. The molecule has 8 heteroatoms. The molecule has 1 aliphatic carbocycles. The lowest BCUT2D eigenvalue weighted by Gasteiger charge is -2.28. The summed E-state index contributed by atoms with van der Waals surface area (Å²) in [6.07, 6.45) is 9.09. The van der Waals surface area contributed by atoms with Crippen molar-refractivity contribution in [3.8, 4) is 0 Å². The molecule has 0 amide bonds. The van der Waals surface area contributed by atoms with E-state index in [4.69, 9.17) is 0 Å². The Labute approximate surface area is 213 Å². The van der Waals surface area contributed by atoms with Gasteiger partial charge in [0.05, 0.1) is 11.7 Å². The summed E-state index contributed by atoms with van der Waals surface area (Å²) in [5, 5.41) is 7.70. The molecular weight excluding hydrogens is 464 g/mol. The zero-order valence-corrected chi connectivity index (χ0v) is 22.3. The lowest BCUT2D eigenvalue weighted by molar-refractivity contribution is -0.0361. The van der Waals surface area contributed by atoms with E-state index in [-0.39, 0.29) is 18.9 Å². The van der Waals surface area contributed by atoms with Crippen molar-refractivity contribution in [3.05, 3.63) is 65.5 Å². The number of hydrogen-bond donors (Lipinski definition) is 2. The van der Waals surface area contributed by atoms with Gasteiger partial charge in [-0.15, -0.1) is 17.7 Å². The van der Waals surface area contributed by atoms with E-state index in [1.807, 2.05) is 53.0 Å². The van der Waals surface area contributed by atoms with Crippen LogP contribution >= 0.6 is 12.6 Å². The molecule has 35 heavy (non-hydrogen) atoms. The number of nitrogens with zero attached hydrogens (tertiary/aromatic N) is 4. The van der Waals surface area contributed by atoms with Crippen molar-refractivity contribution >= 4 is 35.4 Å². The molecule has 3 rings (SSSR count). The van der Waals surface area contributed by atoms with E-state index in [9.17, 15) is 8.78 Å². The number of anilines is 1. The molecule has 0 spiro atoms. The number of alkyl halides is 2. The molecule has 0 unspecified atom stereocenters. The Balaban J connectivity index is 0.000000784. The Hall–Kier alpha value is -2.74. The highest BCUT2D eigenvalue weighted by molar-refractivity contribution is 7.84. The van der Waals surface area contributed by atoms with Crippen LogP contribution in [0.15, 0.2) is 64.9 Å². The van der Waals surface area contributed by atoms with Crippen LogP contribution in [0.5, 0.6) is 0 Å². The van der Waals surface area contributed by atoms with Gasteiger partial charge >= 0.3 is 0 Å². The fourth-order valence-corrected chi connectivity index (χ4v) is 3.59. The van der Waals surface area contributed by atoms with E-state index >= 15 is 0 Å². The summed E-state index contributed by atoms with van der Waals surface area (Å²) in [5.74, 6) is -2.10. The molecule has 0 atom stereocenters. The summed E-state index contributed by atoms with van der Waals surface area (Å²) in [6, 6.07) is 1.94. The molecule has 2 aromatic heterocycles. The second-order valence-corrected chi connectivity index (χ2v) is 9.60. The molecule has 1 fully saturated rings. The molecule has 0 aliphatic heterocycles. The summed E-state index contributed by atoms with van der Waals surface area (Å²) in [7, 11) is 0. The van der Waals surface area contributed by atoms with E-state index in [0.29, 0.717) is 18.8 Å². The van der Waals surface area contributed by atoms with Gasteiger partial charge in [0.25, 0.3) is 0 Å². The Kier molecular flexibility index (Phi) is 10.4. The van der Waals surface area contributed by atoms with Crippen LogP contribution in [0.3, 0.4) is 0 Å². The lowest BCUT2D eigenvalue weighted by atomic mass is 9.92. The van der Waals surface area contributed by atoms with Gasteiger partial charge in [-0.3, -0.25) is 4.99 Å². The minimum atomic E-state index is -2.54. The first-order valence-corrected chi connectivity index (χ1v) is 12.3. The summed E-state index contributed by atoms with van der Waals surface area (Å²) in [4.78, 5) is 9.88. The second-order valence-electron chi connectivity index (χ2n) is 8.97. The summed E-state index contributed by atoms with van der Waals surface area (Å²) in [5.41, 5.74) is 5.79. The Bertz CT molecular complexity index is 1130. The van der Waals surface area contributed by atoms with Crippen LogP contribution in [-0.2, 0) is 0 Å². The minimum Gasteiger partial charge on any atom is -0.350 e. The third-order valence-electron chi connectivity index (χ3n) is 5.74. The maximum absolute atomic E-state index is 13.4. The van der Waals surface area contributed by atoms with Gasteiger partial charge in [-0.25, -0.2) is 18.3 Å². The van der Waals surface area contributed by atoms with Crippen LogP contribution in [-0.4, -0.2) is 32.3 Å². The van der Waals surface area contributed by atoms with Crippen LogP contribution in [0.2, 0.25) is 0 Å². The Morgan fingerprint density at radius 1 is 1.29 bits per heavy atom. The van der Waals surface area contributed by atoms with Gasteiger partial charge < -0.3 is 5.32 Å². The van der Waals surface area contributed by atoms with E-state index in [0.717, 1.165) is 45.0 Å². The smallest absolute Gasteiger partial charge is 0.248 e. The molecule has 190 valence electrons. The van der Waals surface area contributed by atoms with Gasteiger partial charge in [-0.05, 0) is 75.2 Å². The second kappa shape index (κ2) is 12.8. The standard InChI is InChI=1S/C23H29F2N5.C4H8S/c1-6-18(13-16(4)17(5)27-15(2)3)20-9-12-30-21(20)14-26-22(29-30)28-19-7-10-23(24,25)11-8-19;1-3-4(2)5/h6,9,12-14,19H,1,7-8,10-11H2,2-5H3,(H,28,29);5H,2-3H2,1H3/b17-16+,18-13+;. The molecule has 2 heterocycles. The number of aromatic nitrogens is 3. The molecule has 0 saturated heterocycles. The number of rotatable bonds is 7. The number of fused-ring (bicyclic) bond motifs is 1. The molecule has 1 saturated carbocycles. The Morgan fingerprint density at radius 3 is 2.46 bits per heavy atom. The topological polar surface area (TPSA) is 54.6 Å². The van der Waals surface area contributed by atoms with Crippen LogP contribution in [0, 0.1) is 0 Å². The van der Waals surface area contributed by atoms with E-state index in [1.165, 1.54) is 0 Å². The van der Waals surface area contributed by atoms with Gasteiger partial charge in [0, 0.05) is 42.1 Å². The molecule has 0 radical (unpaired) electrons.